The van der Waals surface area contributed by atoms with Crippen LogP contribution in [0.3, 0.4) is 0 Å². The molecular weight excluding hydrogens is 506 g/mol. The lowest BCUT2D eigenvalue weighted by molar-refractivity contribution is -0.140. The second kappa shape index (κ2) is 14.6. The number of nitrogens with one attached hydrogen (secondary N) is 1. The SMILES string of the molecule is CCOc1ccc(N(CCCC(=O)N(Cc2ccc(OC)cc2)C(C)C(=O)NC(C)CC)S(C)(=O)=O)cc1. The summed E-state index contributed by atoms with van der Waals surface area (Å²) < 4.78 is 37.0. The van der Waals surface area contributed by atoms with Crippen molar-refractivity contribution in [3.63, 3.8) is 0 Å². The Kier molecular flexibility index (Phi) is 11.9. The van der Waals surface area contributed by atoms with Gasteiger partial charge in [-0.1, -0.05) is 19.1 Å². The van der Waals surface area contributed by atoms with E-state index in [9.17, 15) is 18.0 Å². The molecule has 2 aromatic carbocycles. The van der Waals surface area contributed by atoms with Gasteiger partial charge in [-0.05, 0) is 75.6 Å². The molecule has 0 saturated carbocycles. The van der Waals surface area contributed by atoms with E-state index in [2.05, 4.69) is 5.32 Å². The van der Waals surface area contributed by atoms with Crippen LogP contribution in [0.2, 0.25) is 0 Å². The van der Waals surface area contributed by atoms with Gasteiger partial charge in [-0.3, -0.25) is 13.9 Å². The molecule has 0 aliphatic carbocycles. The largest absolute Gasteiger partial charge is 0.497 e. The lowest BCUT2D eigenvalue weighted by Gasteiger charge is -2.30. The van der Waals surface area contributed by atoms with Crippen molar-refractivity contribution in [3.8, 4) is 11.5 Å². The summed E-state index contributed by atoms with van der Waals surface area (Å²) in [6.07, 6.45) is 2.29. The second-order valence-corrected chi connectivity index (χ2v) is 11.1. The first kappa shape index (κ1) is 31.0. The maximum absolute atomic E-state index is 13.4. The Hall–Kier alpha value is -3.27. The van der Waals surface area contributed by atoms with Crippen molar-refractivity contribution < 1.29 is 27.5 Å². The minimum atomic E-state index is -3.57. The average molecular weight is 548 g/mol. The van der Waals surface area contributed by atoms with Crippen LogP contribution in [-0.2, 0) is 26.2 Å². The van der Waals surface area contributed by atoms with E-state index >= 15 is 0 Å². The predicted molar refractivity (Wildman–Crippen MR) is 150 cm³/mol. The van der Waals surface area contributed by atoms with Gasteiger partial charge in [0.2, 0.25) is 21.8 Å². The molecule has 0 fully saturated rings. The summed E-state index contributed by atoms with van der Waals surface area (Å²) in [5.41, 5.74) is 1.36. The monoisotopic (exact) mass is 547 g/mol. The maximum Gasteiger partial charge on any atom is 0.242 e. The van der Waals surface area contributed by atoms with Gasteiger partial charge in [-0.15, -0.1) is 0 Å². The van der Waals surface area contributed by atoms with Gasteiger partial charge in [-0.25, -0.2) is 8.42 Å². The third-order valence-corrected chi connectivity index (χ3v) is 7.46. The van der Waals surface area contributed by atoms with Crippen molar-refractivity contribution in [2.75, 3.05) is 30.8 Å². The number of benzene rings is 2. The number of sulfonamides is 1. The molecular formula is C28H41N3O6S. The van der Waals surface area contributed by atoms with Crippen LogP contribution in [-0.4, -0.2) is 63.7 Å². The van der Waals surface area contributed by atoms with Crippen molar-refractivity contribution in [2.24, 2.45) is 0 Å². The third kappa shape index (κ3) is 9.24. The molecule has 0 aliphatic heterocycles. The molecule has 0 spiro atoms. The highest BCUT2D eigenvalue weighted by molar-refractivity contribution is 7.92. The van der Waals surface area contributed by atoms with Crippen molar-refractivity contribution in [2.45, 2.75) is 65.6 Å². The second-order valence-electron chi connectivity index (χ2n) is 9.23. The van der Waals surface area contributed by atoms with E-state index in [1.807, 2.05) is 45.0 Å². The minimum Gasteiger partial charge on any atom is -0.497 e. The Morgan fingerprint density at radius 2 is 1.58 bits per heavy atom. The van der Waals surface area contributed by atoms with E-state index in [-0.39, 0.29) is 43.8 Å². The first-order valence-electron chi connectivity index (χ1n) is 12.9. The van der Waals surface area contributed by atoms with Gasteiger partial charge >= 0.3 is 0 Å². The molecule has 2 amide bonds. The summed E-state index contributed by atoms with van der Waals surface area (Å²) >= 11 is 0. The number of amides is 2. The van der Waals surface area contributed by atoms with E-state index in [1.165, 1.54) is 4.31 Å². The molecule has 0 aromatic heterocycles. The zero-order valence-corrected chi connectivity index (χ0v) is 24.1. The summed E-state index contributed by atoms with van der Waals surface area (Å²) in [6.45, 7) is 8.37. The number of anilines is 1. The fourth-order valence-corrected chi connectivity index (χ4v) is 4.82. The van der Waals surface area contributed by atoms with Crippen LogP contribution in [0.5, 0.6) is 11.5 Å². The summed E-state index contributed by atoms with van der Waals surface area (Å²) in [5, 5.41) is 2.95. The van der Waals surface area contributed by atoms with Gasteiger partial charge in [0.15, 0.2) is 0 Å². The molecule has 9 nitrogen and oxygen atoms in total. The maximum atomic E-state index is 13.4. The average Bonchev–Trinajstić information content (AvgIpc) is 2.89. The number of nitrogens with zero attached hydrogens (tertiary/aromatic N) is 2. The highest BCUT2D eigenvalue weighted by Gasteiger charge is 2.27. The van der Waals surface area contributed by atoms with Crippen LogP contribution in [0.25, 0.3) is 0 Å². The Bertz CT molecular complexity index is 1140. The summed E-state index contributed by atoms with van der Waals surface area (Å²) in [7, 11) is -1.99. The summed E-state index contributed by atoms with van der Waals surface area (Å²) in [6, 6.07) is 13.4. The lowest BCUT2D eigenvalue weighted by Crippen LogP contribution is -2.49. The smallest absolute Gasteiger partial charge is 0.242 e. The fraction of sp³-hybridized carbons (Fsp3) is 0.500. The van der Waals surface area contributed by atoms with Crippen LogP contribution in [0, 0.1) is 0 Å². The van der Waals surface area contributed by atoms with Crippen LogP contribution < -0.4 is 19.1 Å². The first-order chi connectivity index (χ1) is 18.0. The Labute approximate surface area is 227 Å². The normalized spacial score (nSPS) is 12.8. The molecule has 0 bridgehead atoms. The van der Waals surface area contributed by atoms with Crippen LogP contribution in [0.1, 0.15) is 52.5 Å². The highest BCUT2D eigenvalue weighted by atomic mass is 32.2. The number of carbonyl (C=O) groups excluding carboxylic acids is 2. The van der Waals surface area contributed by atoms with E-state index < -0.39 is 16.1 Å². The minimum absolute atomic E-state index is 0.0136. The number of hydrogen-bond acceptors (Lipinski definition) is 6. The third-order valence-electron chi connectivity index (χ3n) is 6.27. The molecule has 0 heterocycles. The van der Waals surface area contributed by atoms with E-state index in [4.69, 9.17) is 9.47 Å². The van der Waals surface area contributed by atoms with Crippen molar-refractivity contribution in [3.05, 3.63) is 54.1 Å². The molecule has 210 valence electrons. The van der Waals surface area contributed by atoms with Gasteiger partial charge < -0.3 is 19.7 Å². The highest BCUT2D eigenvalue weighted by Crippen LogP contribution is 2.23. The Morgan fingerprint density at radius 3 is 2.11 bits per heavy atom. The van der Waals surface area contributed by atoms with Gasteiger partial charge in [0.05, 0.1) is 25.7 Å². The van der Waals surface area contributed by atoms with Gasteiger partial charge in [-0.2, -0.15) is 0 Å². The van der Waals surface area contributed by atoms with Gasteiger partial charge in [0.25, 0.3) is 0 Å². The first-order valence-corrected chi connectivity index (χ1v) is 14.8. The van der Waals surface area contributed by atoms with E-state index in [1.54, 1.807) is 43.2 Å². The quantitative estimate of drug-likeness (QED) is 0.362. The Balaban J connectivity index is 2.16. The van der Waals surface area contributed by atoms with Crippen LogP contribution in [0.15, 0.2) is 48.5 Å². The van der Waals surface area contributed by atoms with Crippen molar-refractivity contribution in [1.82, 2.24) is 10.2 Å². The van der Waals surface area contributed by atoms with Crippen molar-refractivity contribution >= 4 is 27.5 Å². The number of ether oxygens (including phenoxy) is 2. The number of carbonyl (C=O) groups is 2. The van der Waals surface area contributed by atoms with Crippen molar-refractivity contribution in [1.29, 1.82) is 0 Å². The molecule has 1 N–H and O–H groups in total. The molecule has 2 aromatic rings. The van der Waals surface area contributed by atoms with Gasteiger partial charge in [0.1, 0.15) is 17.5 Å². The van der Waals surface area contributed by atoms with E-state index in [0.717, 1.165) is 18.2 Å². The van der Waals surface area contributed by atoms with Crippen LogP contribution >= 0.6 is 0 Å². The number of methoxy groups -OCH3 is 1. The number of rotatable bonds is 15. The molecule has 2 atom stereocenters. The molecule has 0 radical (unpaired) electrons. The molecule has 0 aliphatic rings. The zero-order chi connectivity index (χ0) is 28.3. The van der Waals surface area contributed by atoms with Crippen LogP contribution in [0.4, 0.5) is 5.69 Å². The standard InChI is InChI=1S/C28H41N3O6S/c1-7-21(3)29-28(33)22(4)30(20-23-11-15-25(36-5)16-12-23)27(32)10-9-19-31(38(6,34)35)24-13-17-26(18-14-24)37-8-2/h11-18,21-22H,7-10,19-20H2,1-6H3,(H,29,33). The zero-order valence-electron chi connectivity index (χ0n) is 23.3. The molecule has 2 rings (SSSR count). The molecule has 38 heavy (non-hydrogen) atoms. The molecule has 2 unspecified atom stereocenters. The Morgan fingerprint density at radius 1 is 0.974 bits per heavy atom. The van der Waals surface area contributed by atoms with E-state index in [0.29, 0.717) is 23.8 Å². The predicted octanol–water partition coefficient (Wildman–Crippen LogP) is 3.97. The lowest BCUT2D eigenvalue weighted by atomic mass is 10.1. The fourth-order valence-electron chi connectivity index (χ4n) is 3.85. The summed E-state index contributed by atoms with van der Waals surface area (Å²) in [4.78, 5) is 27.8. The molecule has 10 heteroatoms. The number of hydrogen-bond donors (Lipinski definition) is 1. The molecule has 0 saturated heterocycles. The van der Waals surface area contributed by atoms with Gasteiger partial charge in [0, 0.05) is 25.6 Å². The summed E-state index contributed by atoms with van der Waals surface area (Å²) in [5.74, 6) is 0.893. The topological polar surface area (TPSA) is 105 Å².